The van der Waals surface area contributed by atoms with E-state index in [1.165, 1.54) is 5.56 Å². The first-order valence-electron chi connectivity index (χ1n) is 8.68. The van der Waals surface area contributed by atoms with E-state index < -0.39 is 0 Å². The summed E-state index contributed by atoms with van der Waals surface area (Å²) in [5.41, 5.74) is 3.54. The van der Waals surface area contributed by atoms with Crippen molar-refractivity contribution >= 4 is 23.4 Å². The first-order chi connectivity index (χ1) is 11.9. The molecule has 1 aliphatic heterocycles. The average molecular weight is 358 g/mol. The van der Waals surface area contributed by atoms with Crippen LogP contribution in [0, 0.1) is 0 Å². The van der Waals surface area contributed by atoms with Gasteiger partial charge in [0, 0.05) is 13.1 Å². The number of rotatable bonds is 5. The number of H-pyrrole nitrogens is 1. The SMILES string of the molecule is Cl.c1ccc(CCC2CN(Cc3nc4ccccc4[nH]3)CCO2)cc1. The molecule has 0 saturated carbocycles. The highest BCUT2D eigenvalue weighted by Gasteiger charge is 2.21. The van der Waals surface area contributed by atoms with Crippen molar-refractivity contribution in [1.29, 1.82) is 0 Å². The fraction of sp³-hybridized carbons (Fsp3) is 0.350. The Labute approximate surface area is 154 Å². The van der Waals surface area contributed by atoms with Crippen LogP contribution < -0.4 is 0 Å². The van der Waals surface area contributed by atoms with Gasteiger partial charge in [-0.2, -0.15) is 0 Å². The van der Waals surface area contributed by atoms with E-state index in [9.17, 15) is 0 Å². The summed E-state index contributed by atoms with van der Waals surface area (Å²) in [6, 6.07) is 18.8. The predicted molar refractivity (Wildman–Crippen MR) is 103 cm³/mol. The van der Waals surface area contributed by atoms with Crippen molar-refractivity contribution in [2.75, 3.05) is 19.7 Å². The van der Waals surface area contributed by atoms with Gasteiger partial charge >= 0.3 is 0 Å². The first-order valence-corrected chi connectivity index (χ1v) is 8.68. The molecule has 1 unspecified atom stereocenters. The van der Waals surface area contributed by atoms with Crippen molar-refractivity contribution in [2.45, 2.75) is 25.5 Å². The van der Waals surface area contributed by atoms with Crippen LogP contribution in [0.2, 0.25) is 0 Å². The van der Waals surface area contributed by atoms with Gasteiger partial charge in [-0.25, -0.2) is 4.98 Å². The number of para-hydroxylation sites is 2. The lowest BCUT2D eigenvalue weighted by Crippen LogP contribution is -2.42. The van der Waals surface area contributed by atoms with Crippen LogP contribution in [-0.4, -0.2) is 40.7 Å². The van der Waals surface area contributed by atoms with Gasteiger partial charge in [0.1, 0.15) is 5.82 Å². The Hall–Kier alpha value is -1.88. The van der Waals surface area contributed by atoms with E-state index in [0.29, 0.717) is 6.10 Å². The molecular weight excluding hydrogens is 334 g/mol. The van der Waals surface area contributed by atoms with Crippen LogP contribution in [0.15, 0.2) is 54.6 Å². The molecule has 4 nitrogen and oxygen atoms in total. The maximum Gasteiger partial charge on any atom is 0.121 e. The predicted octanol–water partition coefficient (Wildman–Crippen LogP) is 3.82. The molecule has 1 N–H and O–H groups in total. The minimum absolute atomic E-state index is 0. The molecule has 1 aliphatic rings. The number of hydrogen-bond donors (Lipinski definition) is 1. The van der Waals surface area contributed by atoms with Gasteiger partial charge < -0.3 is 9.72 Å². The number of ether oxygens (including phenoxy) is 1. The lowest BCUT2D eigenvalue weighted by Gasteiger charge is -2.32. The molecule has 1 aromatic heterocycles. The number of fused-ring (bicyclic) bond motifs is 1. The number of benzene rings is 2. The molecule has 0 bridgehead atoms. The summed E-state index contributed by atoms with van der Waals surface area (Å²) < 4.78 is 5.95. The third-order valence-corrected chi connectivity index (χ3v) is 4.63. The molecule has 4 rings (SSSR count). The average Bonchev–Trinajstić information content (AvgIpc) is 3.03. The van der Waals surface area contributed by atoms with Gasteiger partial charge in [0.05, 0.1) is 30.3 Å². The number of halogens is 1. The van der Waals surface area contributed by atoms with Gasteiger partial charge in [0.15, 0.2) is 0 Å². The molecule has 25 heavy (non-hydrogen) atoms. The minimum Gasteiger partial charge on any atom is -0.376 e. The fourth-order valence-electron chi connectivity index (χ4n) is 3.36. The summed E-state index contributed by atoms with van der Waals surface area (Å²) in [6.45, 7) is 3.61. The van der Waals surface area contributed by atoms with Gasteiger partial charge in [0.2, 0.25) is 0 Å². The van der Waals surface area contributed by atoms with Crippen LogP contribution in [0.3, 0.4) is 0 Å². The van der Waals surface area contributed by atoms with Crippen LogP contribution >= 0.6 is 12.4 Å². The summed E-state index contributed by atoms with van der Waals surface area (Å²) in [5, 5.41) is 0. The summed E-state index contributed by atoms with van der Waals surface area (Å²) >= 11 is 0. The van der Waals surface area contributed by atoms with Crippen LogP contribution in [0.5, 0.6) is 0 Å². The second-order valence-electron chi connectivity index (χ2n) is 6.45. The Kier molecular flexibility index (Phi) is 6.08. The quantitative estimate of drug-likeness (QED) is 0.754. The van der Waals surface area contributed by atoms with Gasteiger partial charge in [0.25, 0.3) is 0 Å². The van der Waals surface area contributed by atoms with Crippen molar-refractivity contribution in [3.05, 3.63) is 66.0 Å². The van der Waals surface area contributed by atoms with Gasteiger partial charge in [-0.3, -0.25) is 4.90 Å². The molecule has 0 amide bonds. The lowest BCUT2D eigenvalue weighted by molar-refractivity contribution is -0.0352. The van der Waals surface area contributed by atoms with Gasteiger partial charge in [-0.15, -0.1) is 12.4 Å². The topological polar surface area (TPSA) is 41.2 Å². The highest BCUT2D eigenvalue weighted by atomic mass is 35.5. The smallest absolute Gasteiger partial charge is 0.121 e. The summed E-state index contributed by atoms with van der Waals surface area (Å²) in [6.07, 6.45) is 2.45. The van der Waals surface area contributed by atoms with E-state index in [1.54, 1.807) is 0 Å². The molecule has 2 aromatic carbocycles. The molecule has 132 valence electrons. The van der Waals surface area contributed by atoms with Crippen molar-refractivity contribution in [3.63, 3.8) is 0 Å². The molecule has 5 heteroatoms. The van der Waals surface area contributed by atoms with E-state index in [2.05, 4.69) is 57.3 Å². The Morgan fingerprint density at radius 1 is 1.08 bits per heavy atom. The van der Waals surface area contributed by atoms with Crippen molar-refractivity contribution < 1.29 is 4.74 Å². The third-order valence-electron chi connectivity index (χ3n) is 4.63. The maximum atomic E-state index is 5.95. The Morgan fingerprint density at radius 2 is 1.88 bits per heavy atom. The van der Waals surface area contributed by atoms with E-state index >= 15 is 0 Å². The standard InChI is InChI=1S/C20H23N3O.ClH/c1-2-6-16(7-3-1)10-11-17-14-23(12-13-24-17)15-20-21-18-8-4-5-9-19(18)22-20;/h1-9,17H,10-15H2,(H,21,22);1H. The number of nitrogens with one attached hydrogen (secondary N) is 1. The third kappa shape index (κ3) is 4.60. The largest absolute Gasteiger partial charge is 0.376 e. The zero-order chi connectivity index (χ0) is 16.2. The van der Waals surface area contributed by atoms with Crippen LogP contribution in [0.25, 0.3) is 11.0 Å². The van der Waals surface area contributed by atoms with Crippen molar-refractivity contribution in [3.8, 4) is 0 Å². The monoisotopic (exact) mass is 357 g/mol. The van der Waals surface area contributed by atoms with E-state index in [0.717, 1.165) is 55.9 Å². The minimum atomic E-state index is 0. The number of morpholine rings is 1. The van der Waals surface area contributed by atoms with Crippen LogP contribution in [0.4, 0.5) is 0 Å². The van der Waals surface area contributed by atoms with E-state index in [-0.39, 0.29) is 12.4 Å². The Morgan fingerprint density at radius 3 is 2.72 bits per heavy atom. The number of nitrogens with zero attached hydrogens (tertiary/aromatic N) is 2. The summed E-state index contributed by atoms with van der Waals surface area (Å²) in [4.78, 5) is 10.6. The highest BCUT2D eigenvalue weighted by molar-refractivity contribution is 5.85. The molecular formula is C20H24ClN3O. The maximum absolute atomic E-state index is 5.95. The zero-order valence-corrected chi connectivity index (χ0v) is 15.0. The fourth-order valence-corrected chi connectivity index (χ4v) is 3.36. The van der Waals surface area contributed by atoms with Gasteiger partial charge in [-0.1, -0.05) is 42.5 Å². The first kappa shape index (κ1) is 17.9. The number of aryl methyl sites for hydroxylation is 1. The zero-order valence-electron chi connectivity index (χ0n) is 14.2. The molecule has 0 aliphatic carbocycles. The van der Waals surface area contributed by atoms with Crippen LogP contribution in [-0.2, 0) is 17.7 Å². The van der Waals surface area contributed by atoms with Crippen molar-refractivity contribution in [1.82, 2.24) is 14.9 Å². The molecule has 1 atom stereocenters. The number of aromatic nitrogens is 2. The molecule has 1 fully saturated rings. The lowest BCUT2D eigenvalue weighted by atomic mass is 10.1. The summed E-state index contributed by atoms with van der Waals surface area (Å²) in [5.74, 6) is 1.04. The normalized spacial score (nSPS) is 18.2. The molecule has 0 radical (unpaired) electrons. The van der Waals surface area contributed by atoms with Gasteiger partial charge in [-0.05, 0) is 30.5 Å². The second-order valence-corrected chi connectivity index (χ2v) is 6.45. The Balaban J connectivity index is 0.00000182. The number of aromatic amines is 1. The highest BCUT2D eigenvalue weighted by Crippen LogP contribution is 2.16. The number of hydrogen-bond acceptors (Lipinski definition) is 3. The second kappa shape index (κ2) is 8.48. The van der Waals surface area contributed by atoms with E-state index in [4.69, 9.17) is 4.74 Å². The summed E-state index contributed by atoms with van der Waals surface area (Å²) in [7, 11) is 0. The van der Waals surface area contributed by atoms with Crippen LogP contribution in [0.1, 0.15) is 17.8 Å². The Bertz CT molecular complexity index is 757. The number of imidazole rings is 1. The molecule has 0 spiro atoms. The van der Waals surface area contributed by atoms with E-state index in [1.807, 2.05) is 12.1 Å². The molecule has 1 saturated heterocycles. The molecule has 2 heterocycles. The molecule has 3 aromatic rings. The van der Waals surface area contributed by atoms with Crippen molar-refractivity contribution in [2.24, 2.45) is 0 Å².